The molecule has 0 radical (unpaired) electrons. The second-order valence-corrected chi connectivity index (χ2v) is 5.22. The summed E-state index contributed by atoms with van der Waals surface area (Å²) in [6, 6.07) is 1.30. The molecule has 1 heterocycles. The predicted molar refractivity (Wildman–Crippen MR) is 72.9 cm³/mol. The van der Waals surface area contributed by atoms with Crippen molar-refractivity contribution < 1.29 is 13.2 Å². The third kappa shape index (κ3) is 3.22. The van der Waals surface area contributed by atoms with Gasteiger partial charge in [0.15, 0.2) is 11.6 Å². The van der Waals surface area contributed by atoms with Crippen LogP contribution in [0.1, 0.15) is 24.9 Å². The van der Waals surface area contributed by atoms with Crippen LogP contribution in [0, 0.1) is 17.5 Å². The SMILES string of the molecule is C=C(C)C[C@@H](c1c(F)ccc(F)c1F)N1CCNCC1. The normalized spacial score (nSPS) is 18.0. The highest BCUT2D eigenvalue weighted by atomic mass is 19.2. The highest BCUT2D eigenvalue weighted by molar-refractivity contribution is 5.26. The molecule has 0 saturated carbocycles. The summed E-state index contributed by atoms with van der Waals surface area (Å²) in [5, 5.41) is 3.19. The summed E-state index contributed by atoms with van der Waals surface area (Å²) in [5.74, 6) is -2.80. The number of halogens is 3. The van der Waals surface area contributed by atoms with Crippen LogP contribution in [0.5, 0.6) is 0 Å². The minimum atomic E-state index is -1.09. The second kappa shape index (κ2) is 6.41. The van der Waals surface area contributed by atoms with Gasteiger partial charge in [0.25, 0.3) is 0 Å². The number of hydrogen-bond donors (Lipinski definition) is 1. The average Bonchev–Trinajstić information content (AvgIpc) is 2.43. The van der Waals surface area contributed by atoms with E-state index in [1.165, 1.54) is 0 Å². The van der Waals surface area contributed by atoms with Crippen LogP contribution in [0.4, 0.5) is 13.2 Å². The van der Waals surface area contributed by atoms with Gasteiger partial charge < -0.3 is 5.32 Å². The van der Waals surface area contributed by atoms with Gasteiger partial charge in [-0.1, -0.05) is 5.57 Å². The lowest BCUT2D eigenvalue weighted by atomic mass is 9.96. The van der Waals surface area contributed by atoms with E-state index in [0.717, 1.165) is 30.8 Å². The van der Waals surface area contributed by atoms with Gasteiger partial charge in [-0.05, 0) is 25.5 Å². The third-order valence-electron chi connectivity index (χ3n) is 3.55. The minimum Gasteiger partial charge on any atom is -0.314 e. The smallest absolute Gasteiger partial charge is 0.166 e. The van der Waals surface area contributed by atoms with Gasteiger partial charge in [0.05, 0.1) is 0 Å². The topological polar surface area (TPSA) is 15.3 Å². The maximum Gasteiger partial charge on any atom is 0.166 e. The Balaban J connectivity index is 2.40. The van der Waals surface area contributed by atoms with Crippen molar-refractivity contribution in [3.63, 3.8) is 0 Å². The standard InChI is InChI=1S/C15H19F3N2/c1-10(2)9-13(20-7-5-19-6-8-20)14-11(16)3-4-12(17)15(14)18/h3-4,13,19H,1,5-9H2,2H3/t13-/m0/s1. The molecule has 110 valence electrons. The average molecular weight is 284 g/mol. The molecule has 1 aromatic carbocycles. The van der Waals surface area contributed by atoms with Crippen LogP contribution < -0.4 is 5.32 Å². The van der Waals surface area contributed by atoms with E-state index in [9.17, 15) is 13.2 Å². The van der Waals surface area contributed by atoms with Gasteiger partial charge in [0, 0.05) is 37.8 Å². The summed E-state index contributed by atoms with van der Waals surface area (Å²) in [6.07, 6.45) is 0.414. The van der Waals surface area contributed by atoms with Crippen LogP contribution >= 0.6 is 0 Å². The van der Waals surface area contributed by atoms with Crippen molar-refractivity contribution in [3.8, 4) is 0 Å². The second-order valence-electron chi connectivity index (χ2n) is 5.22. The number of hydrogen-bond acceptors (Lipinski definition) is 2. The van der Waals surface area contributed by atoms with Crippen molar-refractivity contribution in [2.24, 2.45) is 0 Å². The lowest BCUT2D eigenvalue weighted by molar-refractivity contribution is 0.165. The molecule has 0 amide bonds. The Morgan fingerprint density at radius 1 is 1.25 bits per heavy atom. The van der Waals surface area contributed by atoms with Crippen molar-refractivity contribution in [1.82, 2.24) is 10.2 Å². The molecule has 0 aliphatic carbocycles. The van der Waals surface area contributed by atoms with Crippen molar-refractivity contribution in [3.05, 3.63) is 47.3 Å². The first-order valence-electron chi connectivity index (χ1n) is 6.73. The summed E-state index contributed by atoms with van der Waals surface area (Å²) in [5.41, 5.74) is 0.631. The van der Waals surface area contributed by atoms with Crippen molar-refractivity contribution in [1.29, 1.82) is 0 Å². The molecular weight excluding hydrogens is 265 g/mol. The first-order valence-corrected chi connectivity index (χ1v) is 6.73. The Morgan fingerprint density at radius 3 is 2.45 bits per heavy atom. The zero-order chi connectivity index (χ0) is 14.7. The van der Waals surface area contributed by atoms with Crippen LogP contribution in [0.25, 0.3) is 0 Å². The molecule has 1 aromatic rings. The molecule has 1 aliphatic heterocycles. The zero-order valence-electron chi connectivity index (χ0n) is 11.6. The Labute approximate surface area is 117 Å². The molecule has 0 unspecified atom stereocenters. The molecule has 1 aliphatic rings. The van der Waals surface area contributed by atoms with Crippen LogP contribution in [-0.2, 0) is 0 Å². The number of nitrogens with zero attached hydrogens (tertiary/aromatic N) is 1. The van der Waals surface area contributed by atoms with E-state index in [1.54, 1.807) is 0 Å². The Kier molecular flexibility index (Phi) is 4.83. The number of rotatable bonds is 4. The van der Waals surface area contributed by atoms with Gasteiger partial charge in [-0.15, -0.1) is 6.58 Å². The fraction of sp³-hybridized carbons (Fsp3) is 0.467. The molecule has 20 heavy (non-hydrogen) atoms. The summed E-state index contributed by atoms with van der Waals surface area (Å²) < 4.78 is 41.5. The third-order valence-corrected chi connectivity index (χ3v) is 3.55. The predicted octanol–water partition coefficient (Wildman–Crippen LogP) is 3.02. The quantitative estimate of drug-likeness (QED) is 0.675. The van der Waals surface area contributed by atoms with Crippen LogP contribution in [0.15, 0.2) is 24.3 Å². The highest BCUT2D eigenvalue weighted by Crippen LogP contribution is 2.32. The Morgan fingerprint density at radius 2 is 1.85 bits per heavy atom. The molecule has 1 atom stereocenters. The van der Waals surface area contributed by atoms with E-state index in [-0.39, 0.29) is 5.56 Å². The molecule has 1 fully saturated rings. The molecule has 2 rings (SSSR count). The molecular formula is C15H19F3N2. The first kappa shape index (κ1) is 15.1. The van der Waals surface area contributed by atoms with Gasteiger partial charge in [0.2, 0.25) is 0 Å². The molecule has 5 heteroatoms. The minimum absolute atomic E-state index is 0.185. The summed E-state index contributed by atoms with van der Waals surface area (Å²) in [4.78, 5) is 1.98. The summed E-state index contributed by atoms with van der Waals surface area (Å²) in [7, 11) is 0. The maximum atomic E-state index is 14.0. The van der Waals surface area contributed by atoms with Gasteiger partial charge in [-0.25, -0.2) is 13.2 Å². The molecule has 0 spiro atoms. The zero-order valence-corrected chi connectivity index (χ0v) is 11.6. The van der Waals surface area contributed by atoms with E-state index < -0.39 is 23.5 Å². The fourth-order valence-electron chi connectivity index (χ4n) is 2.59. The van der Waals surface area contributed by atoms with Crippen LogP contribution in [-0.4, -0.2) is 31.1 Å². The van der Waals surface area contributed by atoms with Crippen molar-refractivity contribution in [2.45, 2.75) is 19.4 Å². The van der Waals surface area contributed by atoms with Gasteiger partial charge in [-0.3, -0.25) is 4.90 Å². The van der Waals surface area contributed by atoms with E-state index in [2.05, 4.69) is 11.9 Å². The Bertz CT molecular complexity index is 496. The van der Waals surface area contributed by atoms with E-state index in [0.29, 0.717) is 19.5 Å². The van der Waals surface area contributed by atoms with Gasteiger partial charge >= 0.3 is 0 Å². The molecule has 2 nitrogen and oxygen atoms in total. The maximum absolute atomic E-state index is 14.0. The molecule has 0 bridgehead atoms. The summed E-state index contributed by atoms with van der Waals surface area (Å²) >= 11 is 0. The highest BCUT2D eigenvalue weighted by Gasteiger charge is 2.28. The van der Waals surface area contributed by atoms with Gasteiger partial charge in [-0.2, -0.15) is 0 Å². The van der Waals surface area contributed by atoms with Crippen molar-refractivity contribution >= 4 is 0 Å². The number of nitrogens with one attached hydrogen (secondary N) is 1. The first-order chi connectivity index (χ1) is 9.50. The van der Waals surface area contributed by atoms with E-state index >= 15 is 0 Å². The fourth-order valence-corrected chi connectivity index (χ4v) is 2.59. The van der Waals surface area contributed by atoms with E-state index in [1.807, 2.05) is 11.8 Å². The monoisotopic (exact) mass is 284 g/mol. The molecule has 1 saturated heterocycles. The lowest BCUT2D eigenvalue weighted by Gasteiger charge is -2.35. The Hall–Kier alpha value is -1.33. The number of piperazine rings is 1. The van der Waals surface area contributed by atoms with Gasteiger partial charge in [0.1, 0.15) is 5.82 Å². The van der Waals surface area contributed by atoms with E-state index in [4.69, 9.17) is 0 Å². The lowest BCUT2D eigenvalue weighted by Crippen LogP contribution is -2.45. The van der Waals surface area contributed by atoms with Crippen LogP contribution in [0.3, 0.4) is 0 Å². The molecule has 0 aromatic heterocycles. The largest absolute Gasteiger partial charge is 0.314 e. The number of benzene rings is 1. The molecule has 1 N–H and O–H groups in total. The van der Waals surface area contributed by atoms with Crippen LogP contribution in [0.2, 0.25) is 0 Å². The van der Waals surface area contributed by atoms with Crippen molar-refractivity contribution in [2.75, 3.05) is 26.2 Å². The summed E-state index contributed by atoms with van der Waals surface area (Å²) in [6.45, 7) is 8.48.